The van der Waals surface area contributed by atoms with E-state index in [0.717, 1.165) is 35.4 Å². The van der Waals surface area contributed by atoms with Crippen LogP contribution in [-0.2, 0) is 0 Å². The molecule has 2 aromatic heterocycles. The van der Waals surface area contributed by atoms with E-state index < -0.39 is 0 Å². The van der Waals surface area contributed by atoms with Crippen LogP contribution in [0, 0.1) is 0 Å². The first-order valence-corrected chi connectivity index (χ1v) is 7.20. The van der Waals surface area contributed by atoms with Crippen molar-refractivity contribution in [3.63, 3.8) is 0 Å². The van der Waals surface area contributed by atoms with Crippen molar-refractivity contribution in [1.82, 2.24) is 20.4 Å². The number of rotatable bonds is 2. The van der Waals surface area contributed by atoms with Crippen molar-refractivity contribution in [3.8, 4) is 11.5 Å². The lowest BCUT2D eigenvalue weighted by molar-refractivity contribution is 0.295. The first-order valence-electron chi connectivity index (χ1n) is 6.41. The molecule has 19 heavy (non-hydrogen) atoms. The number of nitrogens with zero attached hydrogens (tertiary/aromatic N) is 3. The summed E-state index contributed by atoms with van der Waals surface area (Å²) in [5, 5.41) is 7.45. The molecule has 0 amide bonds. The summed E-state index contributed by atoms with van der Waals surface area (Å²) in [6, 6.07) is 4.30. The van der Waals surface area contributed by atoms with E-state index in [4.69, 9.17) is 4.52 Å². The van der Waals surface area contributed by atoms with E-state index in [-0.39, 0.29) is 0 Å². The summed E-state index contributed by atoms with van der Waals surface area (Å²) >= 11 is 3.36. The van der Waals surface area contributed by atoms with Crippen LogP contribution in [-0.4, -0.2) is 27.7 Å². The molecular formula is C13H15BrN4O. The third-order valence-electron chi connectivity index (χ3n) is 3.37. The molecule has 6 heteroatoms. The highest BCUT2D eigenvalue weighted by Gasteiger charge is 2.25. The topological polar surface area (TPSA) is 63.8 Å². The second-order valence-electron chi connectivity index (χ2n) is 4.89. The number of hydrogen-bond acceptors (Lipinski definition) is 5. The molecule has 1 N–H and O–H groups in total. The van der Waals surface area contributed by atoms with Gasteiger partial charge in [0, 0.05) is 22.6 Å². The Bertz CT molecular complexity index is 554. The van der Waals surface area contributed by atoms with Crippen LogP contribution in [0.3, 0.4) is 0 Å². The third kappa shape index (κ3) is 2.84. The lowest BCUT2D eigenvalue weighted by Crippen LogP contribution is -2.34. The van der Waals surface area contributed by atoms with Gasteiger partial charge in [0.15, 0.2) is 0 Å². The van der Waals surface area contributed by atoms with Crippen LogP contribution < -0.4 is 5.32 Å². The molecule has 0 spiro atoms. The smallest absolute Gasteiger partial charge is 0.230 e. The Morgan fingerprint density at radius 1 is 1.42 bits per heavy atom. The van der Waals surface area contributed by atoms with Crippen LogP contribution in [0.1, 0.15) is 31.6 Å². The van der Waals surface area contributed by atoms with Crippen molar-refractivity contribution in [1.29, 1.82) is 0 Å². The molecular weight excluding hydrogens is 308 g/mol. The van der Waals surface area contributed by atoms with Gasteiger partial charge >= 0.3 is 0 Å². The Hall–Kier alpha value is -1.27. The van der Waals surface area contributed by atoms with Crippen molar-refractivity contribution >= 4 is 15.9 Å². The van der Waals surface area contributed by atoms with Crippen molar-refractivity contribution in [2.45, 2.75) is 31.7 Å². The highest BCUT2D eigenvalue weighted by atomic mass is 79.9. The Labute approximate surface area is 119 Å². The van der Waals surface area contributed by atoms with Gasteiger partial charge in [0.25, 0.3) is 0 Å². The minimum absolute atomic E-state index is 0.355. The molecule has 2 atom stereocenters. The van der Waals surface area contributed by atoms with E-state index >= 15 is 0 Å². The molecule has 1 aliphatic heterocycles. The molecule has 0 saturated carbocycles. The largest absolute Gasteiger partial charge is 0.339 e. The first-order chi connectivity index (χ1) is 9.22. The van der Waals surface area contributed by atoms with E-state index in [9.17, 15) is 0 Å². The minimum atomic E-state index is 0.355. The Morgan fingerprint density at radius 2 is 2.32 bits per heavy atom. The molecule has 1 fully saturated rings. The molecule has 5 nitrogen and oxygen atoms in total. The van der Waals surface area contributed by atoms with Gasteiger partial charge in [0.05, 0.1) is 0 Å². The molecule has 0 aromatic carbocycles. The Morgan fingerprint density at radius 3 is 3.05 bits per heavy atom. The predicted molar refractivity (Wildman–Crippen MR) is 74.7 cm³/mol. The van der Waals surface area contributed by atoms with E-state index in [2.05, 4.69) is 43.3 Å². The fourth-order valence-corrected chi connectivity index (χ4v) is 2.60. The maximum absolute atomic E-state index is 5.40. The van der Waals surface area contributed by atoms with Gasteiger partial charge in [0.1, 0.15) is 5.69 Å². The standard InChI is InChI=1S/C13H15BrN4O/c1-8-6-9(4-5-15-8)13-17-12(18-19-13)11-3-2-10(14)7-16-11/h2-3,7-9,15H,4-6H2,1H3. The predicted octanol–water partition coefficient (Wildman–Crippen LogP) is 2.75. The number of nitrogens with one attached hydrogen (secondary N) is 1. The summed E-state index contributed by atoms with van der Waals surface area (Å²) in [5.74, 6) is 1.65. The number of aromatic nitrogens is 3. The third-order valence-corrected chi connectivity index (χ3v) is 3.84. The van der Waals surface area contributed by atoms with Gasteiger partial charge in [-0.05, 0) is 54.4 Å². The normalized spacial score (nSPS) is 23.5. The fraction of sp³-hybridized carbons (Fsp3) is 0.462. The molecule has 100 valence electrons. The van der Waals surface area contributed by atoms with Gasteiger partial charge in [-0.25, -0.2) is 0 Å². The van der Waals surface area contributed by atoms with Gasteiger partial charge in [-0.1, -0.05) is 5.16 Å². The molecule has 0 bridgehead atoms. The quantitative estimate of drug-likeness (QED) is 0.921. The fourth-order valence-electron chi connectivity index (χ4n) is 2.37. The van der Waals surface area contributed by atoms with Crippen LogP contribution >= 0.6 is 15.9 Å². The highest BCUT2D eigenvalue weighted by molar-refractivity contribution is 9.10. The Kier molecular flexibility index (Phi) is 3.61. The molecule has 0 radical (unpaired) electrons. The zero-order valence-electron chi connectivity index (χ0n) is 10.6. The van der Waals surface area contributed by atoms with Crippen LogP contribution in [0.5, 0.6) is 0 Å². The van der Waals surface area contributed by atoms with Crippen molar-refractivity contribution in [2.24, 2.45) is 0 Å². The average molecular weight is 323 g/mol. The SMILES string of the molecule is CC1CC(c2nc(-c3ccc(Br)cn3)no2)CCN1. The van der Waals surface area contributed by atoms with Gasteiger partial charge in [0.2, 0.25) is 11.7 Å². The van der Waals surface area contributed by atoms with Gasteiger partial charge in [-0.2, -0.15) is 4.98 Å². The van der Waals surface area contributed by atoms with Crippen molar-refractivity contribution < 1.29 is 4.52 Å². The number of halogens is 1. The number of hydrogen-bond donors (Lipinski definition) is 1. The van der Waals surface area contributed by atoms with E-state index in [1.54, 1.807) is 6.20 Å². The summed E-state index contributed by atoms with van der Waals surface area (Å²) < 4.78 is 6.33. The molecule has 3 heterocycles. The van der Waals surface area contributed by atoms with E-state index in [1.165, 1.54) is 0 Å². The summed E-state index contributed by atoms with van der Waals surface area (Å²) in [5.41, 5.74) is 0.736. The summed E-state index contributed by atoms with van der Waals surface area (Å²) in [7, 11) is 0. The lowest BCUT2D eigenvalue weighted by atomic mass is 9.93. The second kappa shape index (κ2) is 5.38. The zero-order chi connectivity index (χ0) is 13.2. The lowest BCUT2D eigenvalue weighted by Gasteiger charge is -2.25. The zero-order valence-corrected chi connectivity index (χ0v) is 12.2. The Balaban J connectivity index is 1.81. The summed E-state index contributed by atoms with van der Waals surface area (Å²) in [4.78, 5) is 8.76. The van der Waals surface area contributed by atoms with Crippen LogP contribution in [0.2, 0.25) is 0 Å². The van der Waals surface area contributed by atoms with E-state index in [0.29, 0.717) is 17.8 Å². The number of piperidine rings is 1. The van der Waals surface area contributed by atoms with Crippen LogP contribution in [0.15, 0.2) is 27.3 Å². The van der Waals surface area contributed by atoms with E-state index in [1.807, 2.05) is 12.1 Å². The second-order valence-corrected chi connectivity index (χ2v) is 5.81. The maximum atomic E-state index is 5.40. The van der Waals surface area contributed by atoms with Crippen LogP contribution in [0.4, 0.5) is 0 Å². The monoisotopic (exact) mass is 322 g/mol. The van der Waals surface area contributed by atoms with Crippen molar-refractivity contribution in [2.75, 3.05) is 6.54 Å². The molecule has 0 aliphatic carbocycles. The minimum Gasteiger partial charge on any atom is -0.339 e. The number of pyridine rings is 1. The van der Waals surface area contributed by atoms with Crippen molar-refractivity contribution in [3.05, 3.63) is 28.7 Å². The molecule has 2 aromatic rings. The average Bonchev–Trinajstić information content (AvgIpc) is 2.89. The molecule has 2 unspecified atom stereocenters. The van der Waals surface area contributed by atoms with Crippen LogP contribution in [0.25, 0.3) is 11.5 Å². The first kappa shape index (κ1) is 12.7. The summed E-state index contributed by atoms with van der Waals surface area (Å²) in [6.07, 6.45) is 3.81. The van der Waals surface area contributed by atoms with Gasteiger partial charge < -0.3 is 9.84 Å². The highest BCUT2D eigenvalue weighted by Crippen LogP contribution is 2.27. The van der Waals surface area contributed by atoms with Gasteiger partial charge in [-0.3, -0.25) is 4.98 Å². The molecule has 3 rings (SSSR count). The maximum Gasteiger partial charge on any atom is 0.230 e. The molecule has 1 aliphatic rings. The summed E-state index contributed by atoms with van der Waals surface area (Å²) in [6.45, 7) is 3.18. The van der Waals surface area contributed by atoms with Gasteiger partial charge in [-0.15, -0.1) is 0 Å². The molecule has 1 saturated heterocycles.